The number of carbonyl (C=O) groups is 1. The third kappa shape index (κ3) is 3.23. The topological polar surface area (TPSA) is 79.1 Å². The summed E-state index contributed by atoms with van der Waals surface area (Å²) in [6.45, 7) is 0. The summed E-state index contributed by atoms with van der Waals surface area (Å²) in [6, 6.07) is 14.4. The molecule has 8 heteroatoms. The van der Waals surface area contributed by atoms with Gasteiger partial charge in [0.1, 0.15) is 0 Å². The van der Waals surface area contributed by atoms with Gasteiger partial charge in [0.2, 0.25) is 10.3 Å². The molecule has 3 rings (SSSR count). The number of tetrazole rings is 1. The zero-order valence-corrected chi connectivity index (χ0v) is 13.9. The first-order chi connectivity index (χ1) is 11.7. The zero-order chi connectivity index (χ0) is 16.9. The van der Waals surface area contributed by atoms with Gasteiger partial charge >= 0.3 is 0 Å². The highest BCUT2D eigenvalue weighted by molar-refractivity contribution is 8.14. The Morgan fingerprint density at radius 2 is 1.79 bits per heavy atom. The maximum absolute atomic E-state index is 12.5. The Labute approximate surface area is 142 Å². The molecular formula is C16H14N4O3S. The van der Waals surface area contributed by atoms with Gasteiger partial charge in [-0.1, -0.05) is 18.2 Å². The number of hydrogen-bond acceptors (Lipinski definition) is 7. The average molecular weight is 342 g/mol. The fourth-order valence-electron chi connectivity index (χ4n) is 2.08. The molecule has 0 saturated heterocycles. The van der Waals surface area contributed by atoms with Gasteiger partial charge in [0.25, 0.3) is 0 Å². The molecule has 0 spiro atoms. The van der Waals surface area contributed by atoms with Crippen LogP contribution in [0.3, 0.4) is 0 Å². The number of methoxy groups -OCH3 is 2. The summed E-state index contributed by atoms with van der Waals surface area (Å²) in [5.74, 6) is 1.06. The normalized spacial score (nSPS) is 10.4. The van der Waals surface area contributed by atoms with E-state index < -0.39 is 0 Å². The number of nitrogens with zero attached hydrogens (tertiary/aromatic N) is 4. The molecule has 1 heterocycles. The van der Waals surface area contributed by atoms with E-state index in [2.05, 4.69) is 15.5 Å². The lowest BCUT2D eigenvalue weighted by atomic mass is 10.2. The number of ether oxygens (including phenoxy) is 2. The van der Waals surface area contributed by atoms with Crippen molar-refractivity contribution in [2.24, 2.45) is 0 Å². The maximum Gasteiger partial charge on any atom is 0.227 e. The number of hydrogen-bond donors (Lipinski definition) is 0. The van der Waals surface area contributed by atoms with Gasteiger partial charge in [-0.25, -0.2) is 0 Å². The van der Waals surface area contributed by atoms with E-state index in [-0.39, 0.29) is 5.12 Å². The van der Waals surface area contributed by atoms with Crippen LogP contribution in [0.15, 0.2) is 53.7 Å². The number of thioether (sulfide) groups is 1. The van der Waals surface area contributed by atoms with Gasteiger partial charge in [0.15, 0.2) is 11.5 Å². The average Bonchev–Trinajstić information content (AvgIpc) is 3.09. The van der Waals surface area contributed by atoms with Crippen molar-refractivity contribution >= 4 is 16.9 Å². The Bertz CT molecular complexity index is 852. The minimum absolute atomic E-state index is 0.192. The van der Waals surface area contributed by atoms with Crippen molar-refractivity contribution in [2.45, 2.75) is 5.16 Å². The summed E-state index contributed by atoms with van der Waals surface area (Å²) < 4.78 is 11.9. The van der Waals surface area contributed by atoms with Gasteiger partial charge in [-0.05, 0) is 52.5 Å². The van der Waals surface area contributed by atoms with E-state index >= 15 is 0 Å². The van der Waals surface area contributed by atoms with Crippen LogP contribution in [-0.2, 0) is 0 Å². The second kappa shape index (κ2) is 7.14. The second-order valence-electron chi connectivity index (χ2n) is 4.67. The lowest BCUT2D eigenvalue weighted by Gasteiger charge is -2.08. The molecule has 0 radical (unpaired) electrons. The number of para-hydroxylation sites is 1. The molecule has 0 atom stereocenters. The Morgan fingerprint density at radius 3 is 2.50 bits per heavy atom. The maximum atomic E-state index is 12.5. The molecule has 2 aromatic carbocycles. The molecule has 24 heavy (non-hydrogen) atoms. The Kier molecular flexibility index (Phi) is 4.76. The highest BCUT2D eigenvalue weighted by Crippen LogP contribution is 2.30. The third-order valence-corrected chi connectivity index (χ3v) is 4.10. The minimum Gasteiger partial charge on any atom is -0.493 e. The van der Waals surface area contributed by atoms with Crippen LogP contribution in [0.5, 0.6) is 11.5 Å². The number of rotatable bonds is 5. The van der Waals surface area contributed by atoms with Gasteiger partial charge in [-0.3, -0.25) is 4.79 Å². The monoisotopic (exact) mass is 342 g/mol. The van der Waals surface area contributed by atoms with Crippen molar-refractivity contribution in [1.29, 1.82) is 0 Å². The highest BCUT2D eigenvalue weighted by atomic mass is 32.2. The van der Waals surface area contributed by atoms with Gasteiger partial charge in [0.05, 0.1) is 19.9 Å². The van der Waals surface area contributed by atoms with Gasteiger partial charge in [-0.15, -0.1) is 5.10 Å². The van der Waals surface area contributed by atoms with Crippen LogP contribution in [0.2, 0.25) is 0 Å². The lowest BCUT2D eigenvalue weighted by molar-refractivity contribution is 0.108. The molecule has 0 aliphatic heterocycles. The van der Waals surface area contributed by atoms with E-state index in [4.69, 9.17) is 9.47 Å². The first kappa shape index (κ1) is 16.0. The van der Waals surface area contributed by atoms with Crippen LogP contribution in [-0.4, -0.2) is 39.5 Å². The van der Waals surface area contributed by atoms with Crippen LogP contribution >= 0.6 is 11.8 Å². The molecule has 3 aromatic rings. The zero-order valence-electron chi connectivity index (χ0n) is 13.0. The van der Waals surface area contributed by atoms with Crippen LogP contribution in [0, 0.1) is 0 Å². The summed E-state index contributed by atoms with van der Waals surface area (Å²) in [6.07, 6.45) is 0. The smallest absolute Gasteiger partial charge is 0.227 e. The lowest BCUT2D eigenvalue weighted by Crippen LogP contribution is -2.02. The van der Waals surface area contributed by atoms with Crippen molar-refractivity contribution in [2.75, 3.05) is 14.2 Å². The molecule has 0 amide bonds. The molecule has 0 saturated carbocycles. The molecule has 0 N–H and O–H groups in total. The molecule has 0 aliphatic rings. The Morgan fingerprint density at radius 1 is 1.04 bits per heavy atom. The molecule has 0 unspecified atom stereocenters. The van der Waals surface area contributed by atoms with E-state index in [1.54, 1.807) is 25.3 Å². The first-order valence-electron chi connectivity index (χ1n) is 7.01. The number of aromatic nitrogens is 4. The van der Waals surface area contributed by atoms with Crippen molar-refractivity contribution in [3.8, 4) is 17.2 Å². The third-order valence-electron chi connectivity index (χ3n) is 3.24. The van der Waals surface area contributed by atoms with Crippen LogP contribution in [0.1, 0.15) is 10.4 Å². The summed E-state index contributed by atoms with van der Waals surface area (Å²) in [7, 11) is 3.07. The predicted molar refractivity (Wildman–Crippen MR) is 88.9 cm³/mol. The quantitative estimate of drug-likeness (QED) is 0.659. The molecule has 7 nitrogen and oxygen atoms in total. The standard InChI is InChI=1S/C16H14N4O3S/c1-22-13-9-8-11(10-14(13)23-2)15(21)24-16-17-18-19-20(16)12-6-4-3-5-7-12/h3-10H,1-2H3. The van der Waals surface area contributed by atoms with Gasteiger partial charge in [0, 0.05) is 5.56 Å². The van der Waals surface area contributed by atoms with Crippen LogP contribution in [0.4, 0.5) is 0 Å². The fourth-order valence-corrected chi connectivity index (χ4v) is 2.80. The largest absolute Gasteiger partial charge is 0.493 e. The number of benzene rings is 2. The van der Waals surface area contributed by atoms with Crippen molar-refractivity contribution in [1.82, 2.24) is 20.2 Å². The number of carbonyl (C=O) groups excluding carboxylic acids is 1. The minimum atomic E-state index is -0.192. The molecular weight excluding hydrogens is 328 g/mol. The highest BCUT2D eigenvalue weighted by Gasteiger charge is 2.17. The molecule has 0 bridgehead atoms. The summed E-state index contributed by atoms with van der Waals surface area (Å²) in [5, 5.41) is 11.7. The molecule has 0 aliphatic carbocycles. The van der Waals surface area contributed by atoms with Gasteiger partial charge in [-0.2, -0.15) is 4.68 Å². The summed E-state index contributed by atoms with van der Waals surface area (Å²) in [4.78, 5) is 12.5. The Hall–Kier alpha value is -2.87. The predicted octanol–water partition coefficient (Wildman–Crippen LogP) is 2.61. The van der Waals surface area contributed by atoms with E-state index in [1.807, 2.05) is 30.3 Å². The molecule has 122 valence electrons. The van der Waals surface area contributed by atoms with E-state index in [0.29, 0.717) is 22.2 Å². The molecule has 0 fully saturated rings. The van der Waals surface area contributed by atoms with Crippen molar-refractivity contribution in [3.63, 3.8) is 0 Å². The van der Waals surface area contributed by atoms with Gasteiger partial charge < -0.3 is 9.47 Å². The second-order valence-corrected chi connectivity index (χ2v) is 5.61. The van der Waals surface area contributed by atoms with Crippen molar-refractivity contribution < 1.29 is 14.3 Å². The van der Waals surface area contributed by atoms with Crippen molar-refractivity contribution in [3.05, 3.63) is 54.1 Å². The van der Waals surface area contributed by atoms with E-state index in [1.165, 1.54) is 11.8 Å². The summed E-state index contributed by atoms with van der Waals surface area (Å²) in [5.41, 5.74) is 1.25. The van der Waals surface area contributed by atoms with Crippen LogP contribution < -0.4 is 9.47 Å². The van der Waals surface area contributed by atoms with E-state index in [0.717, 1.165) is 17.4 Å². The molecule has 1 aromatic heterocycles. The fraction of sp³-hybridized carbons (Fsp3) is 0.125. The summed E-state index contributed by atoms with van der Waals surface area (Å²) >= 11 is 0.949. The SMILES string of the molecule is COc1ccc(C(=O)Sc2nnnn2-c2ccccc2)cc1OC. The van der Waals surface area contributed by atoms with Crippen LogP contribution in [0.25, 0.3) is 5.69 Å². The first-order valence-corrected chi connectivity index (χ1v) is 7.82. The van der Waals surface area contributed by atoms with E-state index in [9.17, 15) is 4.79 Å². The Balaban J connectivity index is 1.85.